The molecule has 1 aromatic carbocycles. The van der Waals surface area contributed by atoms with E-state index in [2.05, 4.69) is 0 Å². The van der Waals surface area contributed by atoms with Crippen LogP contribution in [0.2, 0.25) is 0 Å². The van der Waals surface area contributed by atoms with Gasteiger partial charge in [-0.15, -0.1) is 0 Å². The van der Waals surface area contributed by atoms with E-state index in [4.69, 9.17) is 0 Å². The maximum absolute atomic E-state index is 12.6. The highest BCUT2D eigenvalue weighted by Crippen LogP contribution is 2.26. The largest absolute Gasteiger partial charge is 0.401 e. The van der Waals surface area contributed by atoms with Gasteiger partial charge in [0.2, 0.25) is 0 Å². The summed E-state index contributed by atoms with van der Waals surface area (Å²) < 4.78 is 37.7. The number of hydrogen-bond donors (Lipinski definition) is 1. The number of benzene rings is 1. The van der Waals surface area contributed by atoms with Crippen molar-refractivity contribution in [3.8, 4) is 0 Å². The average Bonchev–Trinajstić information content (AvgIpc) is 2.34. The van der Waals surface area contributed by atoms with E-state index in [0.717, 1.165) is 0 Å². The molecule has 0 aromatic heterocycles. The van der Waals surface area contributed by atoms with Gasteiger partial charge in [0.25, 0.3) is 0 Å². The third-order valence-electron chi connectivity index (χ3n) is 3.15. The summed E-state index contributed by atoms with van der Waals surface area (Å²) in [5.74, 6) is 0. The standard InChI is InChI=1S/C14H20F3NO/c1-10(2)18(9-14(15,16)17)11(3)13(19)12-7-5-4-6-8-12/h4-8,10-11,13,19H,9H2,1-3H3. The summed E-state index contributed by atoms with van der Waals surface area (Å²) in [5.41, 5.74) is 0.628. The van der Waals surface area contributed by atoms with Gasteiger partial charge in [-0.05, 0) is 26.3 Å². The van der Waals surface area contributed by atoms with Crippen molar-refractivity contribution in [1.29, 1.82) is 0 Å². The second-order valence-corrected chi connectivity index (χ2v) is 4.98. The normalized spacial score (nSPS) is 15.8. The number of aliphatic hydroxyl groups excluding tert-OH is 1. The summed E-state index contributed by atoms with van der Waals surface area (Å²) in [6, 6.07) is 7.85. The van der Waals surface area contributed by atoms with Crippen LogP contribution in [0.15, 0.2) is 30.3 Å². The van der Waals surface area contributed by atoms with Gasteiger partial charge in [-0.1, -0.05) is 30.3 Å². The molecule has 0 aliphatic carbocycles. The Labute approximate surface area is 111 Å². The molecule has 0 fully saturated rings. The molecule has 0 aliphatic heterocycles. The number of nitrogens with zero attached hydrogens (tertiary/aromatic N) is 1. The molecule has 1 aromatic rings. The maximum Gasteiger partial charge on any atom is 0.401 e. The average molecular weight is 275 g/mol. The molecule has 19 heavy (non-hydrogen) atoms. The van der Waals surface area contributed by atoms with Gasteiger partial charge in [-0.25, -0.2) is 0 Å². The summed E-state index contributed by atoms with van der Waals surface area (Å²) in [6.45, 7) is 3.99. The van der Waals surface area contributed by atoms with E-state index in [0.29, 0.717) is 5.56 Å². The lowest BCUT2D eigenvalue weighted by atomic mass is 10.0. The maximum atomic E-state index is 12.6. The first-order chi connectivity index (χ1) is 8.72. The first kappa shape index (κ1) is 16.0. The van der Waals surface area contributed by atoms with Crippen molar-refractivity contribution >= 4 is 0 Å². The highest BCUT2D eigenvalue weighted by molar-refractivity contribution is 5.18. The Balaban J connectivity index is 2.85. The van der Waals surface area contributed by atoms with Gasteiger partial charge in [0.15, 0.2) is 0 Å². The molecule has 0 saturated carbocycles. The molecule has 0 spiro atoms. The molecule has 2 nitrogen and oxygen atoms in total. The molecule has 0 saturated heterocycles. The number of aliphatic hydroxyl groups is 1. The summed E-state index contributed by atoms with van der Waals surface area (Å²) in [5, 5.41) is 10.2. The number of hydrogen-bond acceptors (Lipinski definition) is 2. The Morgan fingerprint density at radius 2 is 1.63 bits per heavy atom. The first-order valence-electron chi connectivity index (χ1n) is 6.28. The second-order valence-electron chi connectivity index (χ2n) is 4.98. The van der Waals surface area contributed by atoms with E-state index in [9.17, 15) is 18.3 Å². The van der Waals surface area contributed by atoms with Crippen LogP contribution in [0.25, 0.3) is 0 Å². The van der Waals surface area contributed by atoms with Crippen LogP contribution in [-0.4, -0.2) is 34.8 Å². The predicted molar refractivity (Wildman–Crippen MR) is 68.8 cm³/mol. The number of halogens is 3. The van der Waals surface area contributed by atoms with E-state index in [1.54, 1.807) is 51.1 Å². The smallest absolute Gasteiger partial charge is 0.387 e. The Hall–Kier alpha value is -1.07. The minimum absolute atomic E-state index is 0.296. The van der Waals surface area contributed by atoms with Gasteiger partial charge in [0.05, 0.1) is 12.6 Å². The SMILES string of the molecule is CC(C)N(CC(F)(F)F)C(C)C(O)c1ccccc1. The minimum Gasteiger partial charge on any atom is -0.387 e. The van der Waals surface area contributed by atoms with Crippen molar-refractivity contribution in [3.05, 3.63) is 35.9 Å². The highest BCUT2D eigenvalue weighted by atomic mass is 19.4. The van der Waals surface area contributed by atoms with E-state index in [-0.39, 0.29) is 6.04 Å². The van der Waals surface area contributed by atoms with Crippen LogP contribution >= 0.6 is 0 Å². The lowest BCUT2D eigenvalue weighted by molar-refractivity contribution is -0.159. The molecule has 108 valence electrons. The van der Waals surface area contributed by atoms with Gasteiger partial charge in [-0.3, -0.25) is 4.90 Å². The fourth-order valence-corrected chi connectivity index (χ4v) is 2.11. The predicted octanol–water partition coefficient (Wildman–Crippen LogP) is 3.38. The minimum atomic E-state index is -4.27. The van der Waals surface area contributed by atoms with Gasteiger partial charge in [-0.2, -0.15) is 13.2 Å². The van der Waals surface area contributed by atoms with Crippen LogP contribution in [0.3, 0.4) is 0 Å². The molecule has 2 atom stereocenters. The van der Waals surface area contributed by atoms with Crippen molar-refractivity contribution in [1.82, 2.24) is 4.90 Å². The van der Waals surface area contributed by atoms with Crippen molar-refractivity contribution in [2.75, 3.05) is 6.54 Å². The van der Waals surface area contributed by atoms with Gasteiger partial charge < -0.3 is 5.11 Å². The van der Waals surface area contributed by atoms with Gasteiger partial charge >= 0.3 is 6.18 Å². The van der Waals surface area contributed by atoms with Crippen molar-refractivity contribution in [3.63, 3.8) is 0 Å². The Bertz CT molecular complexity index is 378. The van der Waals surface area contributed by atoms with Crippen LogP contribution in [0.4, 0.5) is 13.2 Å². The Kier molecular flexibility index (Phi) is 5.38. The summed E-state index contributed by atoms with van der Waals surface area (Å²) in [6.07, 6.45) is -5.21. The van der Waals surface area contributed by atoms with E-state index in [1.165, 1.54) is 4.90 Å². The fourth-order valence-electron chi connectivity index (χ4n) is 2.11. The van der Waals surface area contributed by atoms with Crippen LogP contribution in [0.5, 0.6) is 0 Å². The fraction of sp³-hybridized carbons (Fsp3) is 0.571. The molecule has 5 heteroatoms. The quantitative estimate of drug-likeness (QED) is 0.890. The summed E-state index contributed by atoms with van der Waals surface area (Å²) in [4.78, 5) is 1.26. The first-order valence-corrected chi connectivity index (χ1v) is 6.28. The third kappa shape index (κ3) is 4.84. The van der Waals surface area contributed by atoms with Crippen molar-refractivity contribution in [2.24, 2.45) is 0 Å². The van der Waals surface area contributed by atoms with E-state index < -0.39 is 24.9 Å². The van der Waals surface area contributed by atoms with Crippen molar-refractivity contribution < 1.29 is 18.3 Å². The molecule has 0 heterocycles. The Morgan fingerprint density at radius 3 is 2.05 bits per heavy atom. The zero-order valence-corrected chi connectivity index (χ0v) is 11.4. The highest BCUT2D eigenvalue weighted by Gasteiger charge is 2.36. The number of rotatable bonds is 5. The molecular formula is C14H20F3NO. The van der Waals surface area contributed by atoms with Gasteiger partial charge in [0.1, 0.15) is 0 Å². The van der Waals surface area contributed by atoms with Crippen molar-refractivity contribution in [2.45, 2.75) is 45.1 Å². The Morgan fingerprint density at radius 1 is 1.11 bits per heavy atom. The monoisotopic (exact) mass is 275 g/mol. The third-order valence-corrected chi connectivity index (χ3v) is 3.15. The lowest BCUT2D eigenvalue weighted by Gasteiger charge is -2.36. The number of alkyl halides is 3. The molecule has 0 aliphatic rings. The zero-order valence-electron chi connectivity index (χ0n) is 11.4. The lowest BCUT2D eigenvalue weighted by Crippen LogP contribution is -2.47. The molecule has 0 bridgehead atoms. The second kappa shape index (κ2) is 6.39. The molecular weight excluding hydrogens is 255 g/mol. The van der Waals surface area contributed by atoms with E-state index in [1.807, 2.05) is 0 Å². The van der Waals surface area contributed by atoms with Crippen LogP contribution in [0, 0.1) is 0 Å². The molecule has 1 N–H and O–H groups in total. The zero-order chi connectivity index (χ0) is 14.6. The summed E-state index contributed by atoms with van der Waals surface area (Å²) in [7, 11) is 0. The van der Waals surface area contributed by atoms with Gasteiger partial charge in [0, 0.05) is 12.1 Å². The van der Waals surface area contributed by atoms with E-state index >= 15 is 0 Å². The molecule has 0 amide bonds. The molecule has 0 radical (unpaired) electrons. The molecule has 2 unspecified atom stereocenters. The van der Waals surface area contributed by atoms with Crippen LogP contribution in [0.1, 0.15) is 32.4 Å². The van der Waals surface area contributed by atoms with Crippen LogP contribution < -0.4 is 0 Å². The topological polar surface area (TPSA) is 23.5 Å². The summed E-state index contributed by atoms with van der Waals surface area (Å²) >= 11 is 0. The van der Waals surface area contributed by atoms with Crippen LogP contribution in [-0.2, 0) is 0 Å². The molecule has 1 rings (SSSR count).